The van der Waals surface area contributed by atoms with E-state index in [0.29, 0.717) is 20.8 Å². The maximum absolute atomic E-state index is 12.7. The second-order valence-corrected chi connectivity index (χ2v) is 8.03. The lowest BCUT2D eigenvalue weighted by Crippen LogP contribution is -2.45. The van der Waals surface area contributed by atoms with Gasteiger partial charge in [-0.1, -0.05) is 35.0 Å². The van der Waals surface area contributed by atoms with Crippen LogP contribution in [-0.4, -0.2) is 42.7 Å². The SMILES string of the molecule is CC(C)N(C(=O)[C@@H](C)Sc1nnc2c(Cl)cc(Cl)cn12)C(C)C. The molecule has 1 atom stereocenters. The summed E-state index contributed by atoms with van der Waals surface area (Å²) in [6, 6.07) is 1.91. The summed E-state index contributed by atoms with van der Waals surface area (Å²) >= 11 is 13.5. The maximum atomic E-state index is 12.7. The monoisotopic (exact) mass is 374 g/mol. The molecule has 0 radical (unpaired) electrons. The molecule has 0 spiro atoms. The molecule has 0 aromatic carbocycles. The Morgan fingerprint density at radius 2 is 1.78 bits per heavy atom. The van der Waals surface area contributed by atoms with Crippen LogP contribution in [0.5, 0.6) is 0 Å². The van der Waals surface area contributed by atoms with Crippen molar-refractivity contribution in [1.82, 2.24) is 19.5 Å². The average molecular weight is 375 g/mol. The summed E-state index contributed by atoms with van der Waals surface area (Å²) in [4.78, 5) is 14.6. The van der Waals surface area contributed by atoms with E-state index in [9.17, 15) is 4.79 Å². The average Bonchev–Trinajstić information content (AvgIpc) is 2.81. The number of nitrogens with zero attached hydrogens (tertiary/aromatic N) is 4. The minimum absolute atomic E-state index is 0.0740. The second-order valence-electron chi connectivity index (χ2n) is 5.88. The van der Waals surface area contributed by atoms with Crippen LogP contribution in [-0.2, 0) is 4.79 Å². The molecule has 126 valence electrons. The van der Waals surface area contributed by atoms with Gasteiger partial charge in [-0.2, -0.15) is 0 Å². The molecule has 1 amide bonds. The third-order valence-electron chi connectivity index (χ3n) is 3.39. The first-order valence-electron chi connectivity index (χ1n) is 7.41. The van der Waals surface area contributed by atoms with Crippen LogP contribution in [0.15, 0.2) is 17.4 Å². The number of carbonyl (C=O) groups is 1. The first-order valence-corrected chi connectivity index (χ1v) is 9.04. The van der Waals surface area contributed by atoms with Crippen molar-refractivity contribution in [3.05, 3.63) is 22.3 Å². The van der Waals surface area contributed by atoms with Crippen LogP contribution in [0.25, 0.3) is 5.65 Å². The van der Waals surface area contributed by atoms with E-state index >= 15 is 0 Å². The Hall–Kier alpha value is -0.980. The van der Waals surface area contributed by atoms with Gasteiger partial charge in [-0.25, -0.2) is 0 Å². The van der Waals surface area contributed by atoms with E-state index in [1.54, 1.807) is 16.7 Å². The van der Waals surface area contributed by atoms with E-state index in [4.69, 9.17) is 23.2 Å². The molecule has 0 bridgehead atoms. The number of hydrogen-bond acceptors (Lipinski definition) is 4. The van der Waals surface area contributed by atoms with Crippen molar-refractivity contribution in [3.8, 4) is 0 Å². The molecule has 2 rings (SSSR count). The zero-order valence-corrected chi connectivity index (χ0v) is 16.1. The Morgan fingerprint density at radius 3 is 2.35 bits per heavy atom. The topological polar surface area (TPSA) is 50.5 Å². The summed E-state index contributed by atoms with van der Waals surface area (Å²) in [5, 5.41) is 9.43. The quantitative estimate of drug-likeness (QED) is 0.737. The number of fused-ring (bicyclic) bond motifs is 1. The highest BCUT2D eigenvalue weighted by Gasteiger charge is 2.27. The van der Waals surface area contributed by atoms with Crippen molar-refractivity contribution in [1.29, 1.82) is 0 Å². The van der Waals surface area contributed by atoms with Crippen LogP contribution in [0.1, 0.15) is 34.6 Å². The third-order valence-corrected chi connectivity index (χ3v) is 4.92. The molecule has 0 aliphatic rings. The first-order chi connectivity index (χ1) is 10.7. The molecule has 0 saturated carbocycles. The molecule has 0 N–H and O–H groups in total. The fraction of sp³-hybridized carbons (Fsp3) is 0.533. The molecular weight excluding hydrogens is 355 g/mol. The first kappa shape index (κ1) is 18.4. The molecule has 8 heteroatoms. The molecule has 2 aromatic rings. The molecule has 0 fully saturated rings. The Bertz CT molecular complexity index is 709. The van der Waals surface area contributed by atoms with Crippen LogP contribution in [0.3, 0.4) is 0 Å². The maximum Gasteiger partial charge on any atom is 0.236 e. The number of thioether (sulfide) groups is 1. The zero-order chi connectivity index (χ0) is 17.3. The van der Waals surface area contributed by atoms with Crippen LogP contribution in [0.2, 0.25) is 10.0 Å². The number of hydrogen-bond donors (Lipinski definition) is 0. The van der Waals surface area contributed by atoms with Gasteiger partial charge in [0.15, 0.2) is 10.8 Å². The Labute approximate surface area is 150 Å². The highest BCUT2D eigenvalue weighted by molar-refractivity contribution is 8.00. The van der Waals surface area contributed by atoms with Crippen molar-refractivity contribution in [3.63, 3.8) is 0 Å². The highest BCUT2D eigenvalue weighted by atomic mass is 35.5. The lowest BCUT2D eigenvalue weighted by atomic mass is 10.2. The van der Waals surface area contributed by atoms with E-state index in [2.05, 4.69) is 10.2 Å². The van der Waals surface area contributed by atoms with Gasteiger partial charge in [0.1, 0.15) is 0 Å². The van der Waals surface area contributed by atoms with Gasteiger partial charge in [0.2, 0.25) is 5.91 Å². The lowest BCUT2D eigenvalue weighted by Gasteiger charge is -2.32. The predicted octanol–water partition coefficient (Wildman–Crippen LogP) is 4.16. The Kier molecular flexibility index (Phi) is 5.81. The van der Waals surface area contributed by atoms with Gasteiger partial charge in [0.05, 0.1) is 15.3 Å². The summed E-state index contributed by atoms with van der Waals surface area (Å²) in [6.45, 7) is 9.93. The molecule has 23 heavy (non-hydrogen) atoms. The standard InChI is InChI=1S/C15H20Cl2N4OS/c1-8(2)21(9(3)4)14(22)10(5)23-15-19-18-13-12(17)6-11(16)7-20(13)15/h6-10H,1-5H3/t10-/m1/s1. The van der Waals surface area contributed by atoms with Gasteiger partial charge in [0, 0.05) is 18.3 Å². The number of pyridine rings is 1. The van der Waals surface area contributed by atoms with Gasteiger partial charge in [0.25, 0.3) is 0 Å². The number of halogens is 2. The van der Waals surface area contributed by atoms with Crippen molar-refractivity contribution in [2.24, 2.45) is 0 Å². The van der Waals surface area contributed by atoms with E-state index in [1.165, 1.54) is 11.8 Å². The number of amides is 1. The van der Waals surface area contributed by atoms with Gasteiger partial charge >= 0.3 is 0 Å². The summed E-state index contributed by atoms with van der Waals surface area (Å²) < 4.78 is 1.72. The molecule has 0 aliphatic heterocycles. The van der Waals surface area contributed by atoms with Crippen molar-refractivity contribution < 1.29 is 4.79 Å². The largest absolute Gasteiger partial charge is 0.337 e. The third kappa shape index (κ3) is 3.92. The smallest absolute Gasteiger partial charge is 0.236 e. The van der Waals surface area contributed by atoms with Crippen molar-refractivity contribution >= 4 is 46.5 Å². The summed E-state index contributed by atoms with van der Waals surface area (Å²) in [5.41, 5.74) is 0.530. The molecular formula is C15H20Cl2N4OS. The van der Waals surface area contributed by atoms with Gasteiger partial charge in [-0.15, -0.1) is 10.2 Å². The fourth-order valence-electron chi connectivity index (χ4n) is 2.51. The van der Waals surface area contributed by atoms with Gasteiger partial charge in [-0.05, 0) is 40.7 Å². The minimum atomic E-state index is -0.287. The fourth-order valence-corrected chi connectivity index (χ4v) is 3.89. The van der Waals surface area contributed by atoms with E-state index in [-0.39, 0.29) is 23.2 Å². The Balaban J connectivity index is 2.27. The Morgan fingerprint density at radius 1 is 1.17 bits per heavy atom. The molecule has 5 nitrogen and oxygen atoms in total. The number of aromatic nitrogens is 3. The lowest BCUT2D eigenvalue weighted by molar-refractivity contribution is -0.133. The number of carbonyl (C=O) groups excluding carboxylic acids is 1. The van der Waals surface area contributed by atoms with Crippen LogP contribution in [0.4, 0.5) is 0 Å². The molecule has 2 aromatic heterocycles. The highest BCUT2D eigenvalue weighted by Crippen LogP contribution is 2.28. The van der Waals surface area contributed by atoms with Gasteiger partial charge in [-0.3, -0.25) is 9.20 Å². The van der Waals surface area contributed by atoms with Crippen LogP contribution >= 0.6 is 35.0 Å². The normalized spacial score (nSPS) is 13.1. The summed E-state index contributed by atoms with van der Waals surface area (Å²) in [7, 11) is 0. The van der Waals surface area contributed by atoms with Crippen LogP contribution < -0.4 is 0 Å². The molecule has 0 saturated heterocycles. The van der Waals surface area contributed by atoms with Crippen molar-refractivity contribution in [2.75, 3.05) is 0 Å². The number of rotatable bonds is 5. The predicted molar refractivity (Wildman–Crippen MR) is 95.4 cm³/mol. The second kappa shape index (κ2) is 7.28. The van der Waals surface area contributed by atoms with E-state index in [0.717, 1.165) is 0 Å². The minimum Gasteiger partial charge on any atom is -0.337 e. The summed E-state index contributed by atoms with van der Waals surface area (Å²) in [5.74, 6) is 0.0740. The molecule has 0 aliphatic carbocycles. The van der Waals surface area contributed by atoms with E-state index < -0.39 is 0 Å². The molecule has 2 heterocycles. The van der Waals surface area contributed by atoms with Crippen LogP contribution in [0, 0.1) is 0 Å². The van der Waals surface area contributed by atoms with Crippen molar-refractivity contribution in [2.45, 2.75) is 57.1 Å². The summed E-state index contributed by atoms with van der Waals surface area (Å²) in [6.07, 6.45) is 1.70. The van der Waals surface area contributed by atoms with E-state index in [1.807, 2.05) is 39.5 Å². The molecule has 0 unspecified atom stereocenters. The van der Waals surface area contributed by atoms with Gasteiger partial charge < -0.3 is 4.90 Å². The zero-order valence-electron chi connectivity index (χ0n) is 13.7.